The fourth-order valence-electron chi connectivity index (χ4n) is 4.10. The molecule has 5 atom stereocenters. The summed E-state index contributed by atoms with van der Waals surface area (Å²) in [5.41, 5.74) is 17.1. The van der Waals surface area contributed by atoms with Crippen molar-refractivity contribution in [1.29, 1.82) is 0 Å². The quantitative estimate of drug-likeness (QED) is 0.160. The Hall–Kier alpha value is -2.24. The molecule has 196 valence electrons. The zero-order chi connectivity index (χ0) is 25.7. The van der Waals surface area contributed by atoms with Crippen molar-refractivity contribution in [1.82, 2.24) is 15.5 Å². The van der Waals surface area contributed by atoms with E-state index < -0.39 is 42.0 Å². The third-order valence-corrected chi connectivity index (χ3v) is 6.48. The first kappa shape index (κ1) is 29.8. The van der Waals surface area contributed by atoms with Crippen molar-refractivity contribution < 1.29 is 24.3 Å². The van der Waals surface area contributed by atoms with E-state index in [4.69, 9.17) is 17.2 Å². The normalized spacial score (nSPS) is 19.2. The molecule has 0 aromatic carbocycles. The van der Waals surface area contributed by atoms with Crippen LogP contribution in [0.25, 0.3) is 0 Å². The summed E-state index contributed by atoms with van der Waals surface area (Å²) in [5.74, 6) is -2.60. The van der Waals surface area contributed by atoms with E-state index >= 15 is 0 Å². The van der Waals surface area contributed by atoms with Gasteiger partial charge in [-0.25, -0.2) is 4.79 Å². The Morgan fingerprint density at radius 1 is 1.03 bits per heavy atom. The average molecular weight is 485 g/mol. The molecule has 1 fully saturated rings. The van der Waals surface area contributed by atoms with Gasteiger partial charge in [-0.2, -0.15) is 0 Å². The number of rotatable bonds is 16. The minimum atomic E-state index is -1.10. The zero-order valence-corrected chi connectivity index (χ0v) is 20.6. The molecule has 0 bridgehead atoms. The van der Waals surface area contributed by atoms with Crippen LogP contribution in [-0.4, -0.2) is 77.5 Å². The van der Waals surface area contributed by atoms with Crippen molar-refractivity contribution in [2.45, 2.75) is 95.8 Å². The van der Waals surface area contributed by atoms with Gasteiger partial charge in [-0.1, -0.05) is 26.7 Å². The molecule has 1 saturated heterocycles. The highest BCUT2D eigenvalue weighted by Gasteiger charge is 2.39. The summed E-state index contributed by atoms with van der Waals surface area (Å²) in [6.45, 7) is 4.97. The molecule has 0 spiro atoms. The summed E-state index contributed by atoms with van der Waals surface area (Å²) in [7, 11) is 0. The number of carbonyl (C=O) groups is 4. The Balaban J connectivity index is 2.92. The second kappa shape index (κ2) is 15.6. The summed E-state index contributed by atoms with van der Waals surface area (Å²) in [5, 5.41) is 14.9. The number of carboxylic acids is 1. The lowest BCUT2D eigenvalue weighted by atomic mass is 9.98. The van der Waals surface area contributed by atoms with E-state index in [1.165, 1.54) is 4.90 Å². The number of nitrogens with zero attached hydrogens (tertiary/aromatic N) is 1. The first-order valence-corrected chi connectivity index (χ1v) is 12.5. The first-order valence-electron chi connectivity index (χ1n) is 12.5. The molecule has 0 aromatic heterocycles. The lowest BCUT2D eigenvalue weighted by molar-refractivity contribution is -0.146. The molecule has 1 rings (SSSR count). The monoisotopic (exact) mass is 484 g/mol. The lowest BCUT2D eigenvalue weighted by Crippen LogP contribution is -2.57. The molecule has 34 heavy (non-hydrogen) atoms. The van der Waals surface area contributed by atoms with Crippen LogP contribution in [-0.2, 0) is 19.2 Å². The predicted molar refractivity (Wildman–Crippen MR) is 129 cm³/mol. The number of unbranched alkanes of at least 4 members (excludes halogenated alkanes) is 2. The summed E-state index contributed by atoms with van der Waals surface area (Å²) in [6, 6.07) is -3.37. The highest BCUT2D eigenvalue weighted by Crippen LogP contribution is 2.21. The van der Waals surface area contributed by atoms with Crippen LogP contribution < -0.4 is 27.8 Å². The van der Waals surface area contributed by atoms with Crippen LogP contribution in [0.15, 0.2) is 0 Å². The third-order valence-electron chi connectivity index (χ3n) is 6.48. The number of amides is 3. The number of carboxylic acid groups (broad SMARTS) is 1. The van der Waals surface area contributed by atoms with Gasteiger partial charge in [-0.15, -0.1) is 0 Å². The Kier molecular flexibility index (Phi) is 13.7. The highest BCUT2D eigenvalue weighted by molar-refractivity contribution is 5.94. The molecule has 11 heteroatoms. The van der Waals surface area contributed by atoms with Gasteiger partial charge >= 0.3 is 5.97 Å². The molecule has 1 aliphatic heterocycles. The second-order valence-corrected chi connectivity index (χ2v) is 9.14. The molecular formula is C23H44N6O5. The van der Waals surface area contributed by atoms with Crippen LogP contribution in [0.5, 0.6) is 0 Å². The molecule has 0 saturated carbocycles. The van der Waals surface area contributed by atoms with Crippen molar-refractivity contribution in [2.24, 2.45) is 23.1 Å². The maximum Gasteiger partial charge on any atom is 0.326 e. The van der Waals surface area contributed by atoms with E-state index in [0.29, 0.717) is 71.0 Å². The Bertz CT molecular complexity index is 676. The second-order valence-electron chi connectivity index (χ2n) is 9.14. The molecule has 5 unspecified atom stereocenters. The molecule has 1 aliphatic rings. The fraction of sp³-hybridized carbons (Fsp3) is 0.826. The molecule has 0 aromatic rings. The SMILES string of the molecule is CCC(C)C(NC(=O)C1CCCN1C(=O)C(CCCCN)NC(=O)C(N)CCCCN)C(=O)O. The number of nitrogens with two attached hydrogens (primary N) is 3. The van der Waals surface area contributed by atoms with Crippen molar-refractivity contribution in [3.8, 4) is 0 Å². The van der Waals surface area contributed by atoms with Gasteiger partial charge in [0.2, 0.25) is 17.7 Å². The summed E-state index contributed by atoms with van der Waals surface area (Å²) < 4.78 is 0. The van der Waals surface area contributed by atoms with E-state index in [1.54, 1.807) is 6.92 Å². The van der Waals surface area contributed by atoms with E-state index in [1.807, 2.05) is 6.92 Å². The van der Waals surface area contributed by atoms with Gasteiger partial charge in [0.25, 0.3) is 0 Å². The minimum Gasteiger partial charge on any atom is -0.480 e. The summed E-state index contributed by atoms with van der Waals surface area (Å²) >= 11 is 0. The molecular weight excluding hydrogens is 440 g/mol. The smallest absolute Gasteiger partial charge is 0.326 e. The Labute approximate surface area is 202 Å². The number of hydrogen-bond acceptors (Lipinski definition) is 7. The van der Waals surface area contributed by atoms with Crippen LogP contribution in [0.3, 0.4) is 0 Å². The largest absolute Gasteiger partial charge is 0.480 e. The number of aliphatic carboxylic acids is 1. The number of likely N-dealkylation sites (tertiary alicyclic amines) is 1. The topological polar surface area (TPSA) is 194 Å². The van der Waals surface area contributed by atoms with E-state index in [-0.39, 0.29) is 11.8 Å². The minimum absolute atomic E-state index is 0.254. The molecule has 1 heterocycles. The molecule has 3 amide bonds. The lowest BCUT2D eigenvalue weighted by Gasteiger charge is -2.30. The first-order chi connectivity index (χ1) is 16.2. The highest BCUT2D eigenvalue weighted by atomic mass is 16.4. The fourth-order valence-corrected chi connectivity index (χ4v) is 4.10. The van der Waals surface area contributed by atoms with Gasteiger partial charge in [-0.05, 0) is 64.0 Å². The standard InChI is InChI=1S/C23H44N6O5/c1-3-15(2)19(23(33)34)28-21(31)18-11-8-14-29(18)22(32)17(10-5-7-13-25)27-20(30)16(26)9-4-6-12-24/h15-19H,3-14,24-26H2,1-2H3,(H,27,30)(H,28,31)(H,33,34). The maximum absolute atomic E-state index is 13.4. The number of carbonyl (C=O) groups excluding carboxylic acids is 3. The van der Waals surface area contributed by atoms with Crippen molar-refractivity contribution >= 4 is 23.7 Å². The number of nitrogens with one attached hydrogen (secondary N) is 2. The summed E-state index contributed by atoms with van der Waals surface area (Å²) in [6.07, 6.45) is 5.30. The molecule has 11 nitrogen and oxygen atoms in total. The van der Waals surface area contributed by atoms with Crippen LogP contribution in [0.2, 0.25) is 0 Å². The molecule has 0 radical (unpaired) electrons. The van der Waals surface area contributed by atoms with Gasteiger partial charge in [-0.3, -0.25) is 14.4 Å². The van der Waals surface area contributed by atoms with Gasteiger partial charge in [0.15, 0.2) is 0 Å². The van der Waals surface area contributed by atoms with Gasteiger partial charge in [0, 0.05) is 6.54 Å². The van der Waals surface area contributed by atoms with E-state index in [0.717, 1.165) is 6.42 Å². The van der Waals surface area contributed by atoms with Crippen molar-refractivity contribution in [3.05, 3.63) is 0 Å². The Morgan fingerprint density at radius 3 is 2.21 bits per heavy atom. The van der Waals surface area contributed by atoms with Gasteiger partial charge < -0.3 is 37.8 Å². The Morgan fingerprint density at radius 2 is 1.65 bits per heavy atom. The van der Waals surface area contributed by atoms with Crippen molar-refractivity contribution in [2.75, 3.05) is 19.6 Å². The van der Waals surface area contributed by atoms with Gasteiger partial charge in [0.05, 0.1) is 6.04 Å². The molecule has 9 N–H and O–H groups in total. The molecule has 0 aliphatic carbocycles. The zero-order valence-electron chi connectivity index (χ0n) is 20.6. The van der Waals surface area contributed by atoms with E-state index in [9.17, 15) is 24.3 Å². The third kappa shape index (κ3) is 9.19. The van der Waals surface area contributed by atoms with Crippen LogP contribution in [0.1, 0.15) is 71.6 Å². The van der Waals surface area contributed by atoms with E-state index in [2.05, 4.69) is 10.6 Å². The van der Waals surface area contributed by atoms with Crippen LogP contribution in [0, 0.1) is 5.92 Å². The van der Waals surface area contributed by atoms with Crippen LogP contribution in [0.4, 0.5) is 0 Å². The maximum atomic E-state index is 13.4. The summed E-state index contributed by atoms with van der Waals surface area (Å²) in [4.78, 5) is 52.1. The van der Waals surface area contributed by atoms with Gasteiger partial charge in [0.1, 0.15) is 18.1 Å². The predicted octanol–water partition coefficient (Wildman–Crippen LogP) is -0.337. The van der Waals surface area contributed by atoms with Crippen LogP contribution >= 0.6 is 0 Å². The average Bonchev–Trinajstić information content (AvgIpc) is 3.30. The van der Waals surface area contributed by atoms with Crippen molar-refractivity contribution in [3.63, 3.8) is 0 Å². The number of hydrogen-bond donors (Lipinski definition) is 6.